The van der Waals surface area contributed by atoms with E-state index in [0.29, 0.717) is 11.3 Å². The molecule has 0 bridgehead atoms. The molecule has 0 unspecified atom stereocenters. The van der Waals surface area contributed by atoms with Crippen LogP contribution in [0.3, 0.4) is 0 Å². The van der Waals surface area contributed by atoms with Gasteiger partial charge in [0.05, 0.1) is 30.5 Å². The zero-order valence-corrected chi connectivity index (χ0v) is 9.94. The lowest BCUT2D eigenvalue weighted by molar-refractivity contribution is -0.127. The van der Waals surface area contributed by atoms with E-state index in [2.05, 4.69) is 35.9 Å². The second kappa shape index (κ2) is 3.45. The maximum absolute atomic E-state index is 5.27. The molecular weight excluding hydrogens is 200 g/mol. The standard InChI is InChI=1S/C13H18N2O/c1-10(2)12-4-3-11(5-14-12)15-6-13(7-15)8-16-9-13/h3-5,10H,6-9H2,1-2H3. The molecule has 1 aromatic rings. The second-order valence-corrected chi connectivity index (χ2v) is 5.44. The molecule has 0 atom stereocenters. The maximum Gasteiger partial charge on any atom is 0.0579 e. The van der Waals surface area contributed by atoms with Crippen molar-refractivity contribution in [2.45, 2.75) is 19.8 Å². The van der Waals surface area contributed by atoms with E-state index < -0.39 is 0 Å². The van der Waals surface area contributed by atoms with Crippen LogP contribution >= 0.6 is 0 Å². The minimum absolute atomic E-state index is 0.483. The zero-order chi connectivity index (χ0) is 11.2. The van der Waals surface area contributed by atoms with Crippen molar-refractivity contribution < 1.29 is 4.74 Å². The van der Waals surface area contributed by atoms with Gasteiger partial charge in [0.2, 0.25) is 0 Å². The number of hydrogen-bond donors (Lipinski definition) is 0. The number of rotatable bonds is 2. The Morgan fingerprint density at radius 2 is 2.06 bits per heavy atom. The zero-order valence-electron chi connectivity index (χ0n) is 9.94. The molecule has 3 heterocycles. The molecule has 0 aliphatic carbocycles. The van der Waals surface area contributed by atoms with Crippen LogP contribution in [0.1, 0.15) is 25.5 Å². The lowest BCUT2D eigenvalue weighted by Gasteiger charge is -2.55. The van der Waals surface area contributed by atoms with Gasteiger partial charge in [0.25, 0.3) is 0 Å². The van der Waals surface area contributed by atoms with Crippen LogP contribution in [0.5, 0.6) is 0 Å². The molecular formula is C13H18N2O. The highest BCUT2D eigenvalue weighted by atomic mass is 16.5. The largest absolute Gasteiger partial charge is 0.380 e. The van der Waals surface area contributed by atoms with Crippen molar-refractivity contribution in [3.05, 3.63) is 24.0 Å². The molecule has 0 saturated carbocycles. The molecule has 2 fully saturated rings. The topological polar surface area (TPSA) is 25.4 Å². The van der Waals surface area contributed by atoms with Gasteiger partial charge >= 0.3 is 0 Å². The minimum Gasteiger partial charge on any atom is -0.380 e. The van der Waals surface area contributed by atoms with Gasteiger partial charge < -0.3 is 9.64 Å². The van der Waals surface area contributed by atoms with Crippen molar-refractivity contribution in [2.24, 2.45) is 5.41 Å². The molecule has 2 saturated heterocycles. The summed E-state index contributed by atoms with van der Waals surface area (Å²) in [5, 5.41) is 0. The summed E-state index contributed by atoms with van der Waals surface area (Å²) in [6.45, 7) is 8.51. The Bertz CT molecular complexity index is 373. The van der Waals surface area contributed by atoms with Crippen LogP contribution in [0.2, 0.25) is 0 Å². The number of anilines is 1. The molecule has 2 aliphatic rings. The van der Waals surface area contributed by atoms with Crippen LogP contribution < -0.4 is 4.90 Å². The quantitative estimate of drug-likeness (QED) is 0.759. The number of ether oxygens (including phenoxy) is 1. The number of aromatic nitrogens is 1. The fraction of sp³-hybridized carbons (Fsp3) is 0.615. The monoisotopic (exact) mass is 218 g/mol. The van der Waals surface area contributed by atoms with Crippen molar-refractivity contribution in [3.8, 4) is 0 Å². The number of hydrogen-bond acceptors (Lipinski definition) is 3. The van der Waals surface area contributed by atoms with E-state index in [1.54, 1.807) is 0 Å². The molecule has 86 valence electrons. The van der Waals surface area contributed by atoms with Gasteiger partial charge in [-0.2, -0.15) is 0 Å². The molecule has 0 radical (unpaired) electrons. The van der Waals surface area contributed by atoms with Gasteiger partial charge in [-0.15, -0.1) is 0 Å². The first-order valence-electron chi connectivity index (χ1n) is 5.97. The Balaban J connectivity index is 1.67. The molecule has 2 aliphatic heterocycles. The van der Waals surface area contributed by atoms with Crippen molar-refractivity contribution in [3.63, 3.8) is 0 Å². The smallest absolute Gasteiger partial charge is 0.0579 e. The van der Waals surface area contributed by atoms with Gasteiger partial charge in [-0.25, -0.2) is 0 Å². The predicted molar refractivity (Wildman–Crippen MR) is 63.8 cm³/mol. The Hall–Kier alpha value is -1.09. The van der Waals surface area contributed by atoms with Crippen LogP contribution in [0.4, 0.5) is 5.69 Å². The molecule has 16 heavy (non-hydrogen) atoms. The molecule has 3 heteroatoms. The van der Waals surface area contributed by atoms with Crippen LogP contribution in [0.25, 0.3) is 0 Å². The van der Waals surface area contributed by atoms with Gasteiger partial charge in [0, 0.05) is 18.8 Å². The summed E-state index contributed by atoms with van der Waals surface area (Å²) in [6, 6.07) is 4.33. The van der Waals surface area contributed by atoms with E-state index in [0.717, 1.165) is 26.3 Å². The summed E-state index contributed by atoms with van der Waals surface area (Å²) >= 11 is 0. The van der Waals surface area contributed by atoms with Crippen molar-refractivity contribution >= 4 is 5.69 Å². The van der Waals surface area contributed by atoms with Crippen molar-refractivity contribution in [1.82, 2.24) is 4.98 Å². The van der Waals surface area contributed by atoms with Crippen LogP contribution in [-0.2, 0) is 4.74 Å². The third-order valence-electron chi connectivity index (χ3n) is 3.60. The summed E-state index contributed by atoms with van der Waals surface area (Å²) in [5.41, 5.74) is 2.91. The first-order chi connectivity index (χ1) is 7.69. The van der Waals surface area contributed by atoms with Gasteiger partial charge in [0.15, 0.2) is 0 Å². The summed E-state index contributed by atoms with van der Waals surface area (Å²) < 4.78 is 5.27. The van der Waals surface area contributed by atoms with Crippen LogP contribution in [0.15, 0.2) is 18.3 Å². The van der Waals surface area contributed by atoms with Gasteiger partial charge in [-0.05, 0) is 18.1 Å². The lowest BCUT2D eigenvalue weighted by atomic mass is 9.78. The predicted octanol–water partition coefficient (Wildman–Crippen LogP) is 2.04. The van der Waals surface area contributed by atoms with E-state index in [4.69, 9.17) is 4.74 Å². The highest BCUT2D eigenvalue weighted by Crippen LogP contribution is 2.39. The molecule has 0 N–H and O–H groups in total. The van der Waals surface area contributed by atoms with Gasteiger partial charge in [0.1, 0.15) is 0 Å². The van der Waals surface area contributed by atoms with E-state index in [1.165, 1.54) is 11.4 Å². The first kappa shape index (κ1) is 10.1. The number of pyridine rings is 1. The van der Waals surface area contributed by atoms with Crippen molar-refractivity contribution in [2.75, 3.05) is 31.2 Å². The van der Waals surface area contributed by atoms with Gasteiger partial charge in [-0.1, -0.05) is 13.8 Å². The number of nitrogens with zero attached hydrogens (tertiary/aromatic N) is 2. The van der Waals surface area contributed by atoms with E-state index >= 15 is 0 Å². The fourth-order valence-corrected chi connectivity index (χ4v) is 2.45. The normalized spacial score (nSPS) is 22.1. The summed E-state index contributed by atoms with van der Waals surface area (Å²) in [6.07, 6.45) is 2.00. The average molecular weight is 218 g/mol. The average Bonchev–Trinajstić information content (AvgIpc) is 2.14. The Kier molecular flexibility index (Phi) is 2.18. The SMILES string of the molecule is CC(C)c1ccc(N2CC3(COC3)C2)cn1. The Morgan fingerprint density at radius 1 is 1.31 bits per heavy atom. The molecule has 3 rings (SSSR count). The van der Waals surface area contributed by atoms with Gasteiger partial charge in [-0.3, -0.25) is 4.98 Å². The molecule has 0 aromatic carbocycles. The van der Waals surface area contributed by atoms with E-state index in [-0.39, 0.29) is 0 Å². The summed E-state index contributed by atoms with van der Waals surface area (Å²) in [5.74, 6) is 0.511. The lowest BCUT2D eigenvalue weighted by Crippen LogP contribution is -2.66. The third-order valence-corrected chi connectivity index (χ3v) is 3.60. The van der Waals surface area contributed by atoms with Crippen molar-refractivity contribution in [1.29, 1.82) is 0 Å². The fourth-order valence-electron chi connectivity index (χ4n) is 2.45. The van der Waals surface area contributed by atoms with Crippen LogP contribution in [0, 0.1) is 5.41 Å². The molecule has 3 nitrogen and oxygen atoms in total. The highest BCUT2D eigenvalue weighted by molar-refractivity contribution is 5.49. The maximum atomic E-state index is 5.27. The Labute approximate surface area is 96.4 Å². The summed E-state index contributed by atoms with van der Waals surface area (Å²) in [4.78, 5) is 6.89. The Morgan fingerprint density at radius 3 is 2.50 bits per heavy atom. The van der Waals surface area contributed by atoms with E-state index in [1.807, 2.05) is 6.20 Å². The molecule has 1 spiro atoms. The second-order valence-electron chi connectivity index (χ2n) is 5.44. The summed E-state index contributed by atoms with van der Waals surface area (Å²) in [7, 11) is 0. The van der Waals surface area contributed by atoms with E-state index in [9.17, 15) is 0 Å². The minimum atomic E-state index is 0.483. The first-order valence-corrected chi connectivity index (χ1v) is 5.97. The van der Waals surface area contributed by atoms with Crippen LogP contribution in [-0.4, -0.2) is 31.3 Å². The highest BCUT2D eigenvalue weighted by Gasteiger charge is 2.49. The third kappa shape index (κ3) is 1.50. The molecule has 0 amide bonds. The molecule has 1 aromatic heterocycles.